The summed E-state index contributed by atoms with van der Waals surface area (Å²) in [6, 6.07) is 5.88. The summed E-state index contributed by atoms with van der Waals surface area (Å²) in [5.74, 6) is -1.54. The number of benzene rings is 1. The molecule has 2 unspecified atom stereocenters. The van der Waals surface area contributed by atoms with Crippen LogP contribution in [0.3, 0.4) is 0 Å². The lowest BCUT2D eigenvalue weighted by Crippen LogP contribution is -2.42. The number of urea groups is 1. The summed E-state index contributed by atoms with van der Waals surface area (Å²) in [6.07, 6.45) is 1.70. The molecule has 21 heavy (non-hydrogen) atoms. The van der Waals surface area contributed by atoms with Gasteiger partial charge in [0.05, 0.1) is 5.92 Å². The number of aliphatic carboxylic acids is 1. The molecule has 1 saturated carbocycles. The third kappa shape index (κ3) is 3.93. The standard InChI is InChI=1S/C15H19FN2O3/c1-18(9-11-4-2-3-5-13(11)16)15(21)17-12-7-6-10(8-12)14(19)20/h2-5,10,12H,6-9H2,1H3,(H,17,21)(H,19,20). The van der Waals surface area contributed by atoms with Gasteiger partial charge in [0.1, 0.15) is 5.82 Å². The molecule has 5 nitrogen and oxygen atoms in total. The van der Waals surface area contributed by atoms with Crippen LogP contribution < -0.4 is 5.32 Å². The van der Waals surface area contributed by atoms with Gasteiger partial charge in [-0.05, 0) is 25.3 Å². The lowest BCUT2D eigenvalue weighted by molar-refractivity contribution is -0.141. The Morgan fingerprint density at radius 3 is 2.71 bits per heavy atom. The number of carbonyl (C=O) groups is 2. The Morgan fingerprint density at radius 2 is 2.10 bits per heavy atom. The zero-order valence-electron chi connectivity index (χ0n) is 11.9. The third-order valence-corrected chi connectivity index (χ3v) is 3.82. The molecule has 0 saturated heterocycles. The van der Waals surface area contributed by atoms with E-state index in [4.69, 9.17) is 5.11 Å². The number of carboxylic acid groups (broad SMARTS) is 1. The number of rotatable bonds is 4. The number of nitrogens with zero attached hydrogens (tertiary/aromatic N) is 1. The summed E-state index contributed by atoms with van der Waals surface area (Å²) in [5, 5.41) is 11.7. The number of nitrogens with one attached hydrogen (secondary N) is 1. The van der Waals surface area contributed by atoms with Gasteiger partial charge in [0.15, 0.2) is 0 Å². The fourth-order valence-electron chi connectivity index (χ4n) is 2.58. The molecule has 0 spiro atoms. The van der Waals surface area contributed by atoms with Crippen molar-refractivity contribution < 1.29 is 19.1 Å². The Kier molecular flexibility index (Phi) is 4.77. The van der Waals surface area contributed by atoms with E-state index in [0.717, 1.165) is 0 Å². The van der Waals surface area contributed by atoms with Crippen LogP contribution in [0.1, 0.15) is 24.8 Å². The van der Waals surface area contributed by atoms with E-state index < -0.39 is 5.97 Å². The molecule has 0 aliphatic heterocycles. The maximum absolute atomic E-state index is 13.5. The Hall–Kier alpha value is -2.11. The smallest absolute Gasteiger partial charge is 0.317 e. The quantitative estimate of drug-likeness (QED) is 0.894. The molecule has 1 aliphatic carbocycles. The summed E-state index contributed by atoms with van der Waals surface area (Å²) in [5.41, 5.74) is 0.449. The first-order valence-electron chi connectivity index (χ1n) is 6.95. The van der Waals surface area contributed by atoms with Crippen LogP contribution >= 0.6 is 0 Å². The van der Waals surface area contributed by atoms with Crippen LogP contribution in [0.2, 0.25) is 0 Å². The van der Waals surface area contributed by atoms with Crippen LogP contribution in [0.25, 0.3) is 0 Å². The first kappa shape index (κ1) is 15.3. The Morgan fingerprint density at radius 1 is 1.38 bits per heavy atom. The first-order valence-corrected chi connectivity index (χ1v) is 6.95. The molecule has 0 radical (unpaired) electrons. The van der Waals surface area contributed by atoms with Gasteiger partial charge in [-0.1, -0.05) is 18.2 Å². The minimum absolute atomic E-state index is 0.123. The van der Waals surface area contributed by atoms with Gasteiger partial charge in [0.25, 0.3) is 0 Å². The SMILES string of the molecule is CN(Cc1ccccc1F)C(=O)NC1CCC(C(=O)O)C1. The van der Waals surface area contributed by atoms with Crippen LogP contribution in [0.4, 0.5) is 9.18 Å². The highest BCUT2D eigenvalue weighted by molar-refractivity contribution is 5.75. The molecule has 0 aromatic heterocycles. The fraction of sp³-hybridized carbons (Fsp3) is 0.467. The van der Waals surface area contributed by atoms with Gasteiger partial charge in [-0.3, -0.25) is 4.79 Å². The molecule has 6 heteroatoms. The molecule has 1 aromatic rings. The second kappa shape index (κ2) is 6.56. The molecule has 1 aliphatic rings. The summed E-state index contributed by atoms with van der Waals surface area (Å²) < 4.78 is 13.5. The average molecular weight is 294 g/mol. The monoisotopic (exact) mass is 294 g/mol. The lowest BCUT2D eigenvalue weighted by Gasteiger charge is -2.21. The van der Waals surface area contributed by atoms with Crippen molar-refractivity contribution in [3.63, 3.8) is 0 Å². The van der Waals surface area contributed by atoms with Gasteiger partial charge < -0.3 is 15.3 Å². The maximum Gasteiger partial charge on any atom is 0.317 e. The van der Waals surface area contributed by atoms with Gasteiger partial charge in [-0.25, -0.2) is 9.18 Å². The number of hydrogen-bond donors (Lipinski definition) is 2. The molecule has 114 valence electrons. The Labute approximate surface area is 122 Å². The van der Waals surface area contributed by atoms with Gasteiger partial charge in [0, 0.05) is 25.2 Å². The molecule has 2 atom stereocenters. The van der Waals surface area contributed by atoms with Crippen molar-refractivity contribution >= 4 is 12.0 Å². The van der Waals surface area contributed by atoms with E-state index in [9.17, 15) is 14.0 Å². The van der Waals surface area contributed by atoms with Crippen molar-refractivity contribution in [3.05, 3.63) is 35.6 Å². The molecule has 2 amide bonds. The number of amides is 2. The highest BCUT2D eigenvalue weighted by Gasteiger charge is 2.31. The van der Waals surface area contributed by atoms with Crippen molar-refractivity contribution in [1.82, 2.24) is 10.2 Å². The second-order valence-electron chi connectivity index (χ2n) is 5.44. The minimum Gasteiger partial charge on any atom is -0.481 e. The molecule has 2 rings (SSSR count). The number of carboxylic acids is 1. The lowest BCUT2D eigenvalue weighted by atomic mass is 10.1. The number of carbonyl (C=O) groups excluding carboxylic acids is 1. The van der Waals surface area contributed by atoms with Crippen molar-refractivity contribution in [2.24, 2.45) is 5.92 Å². The van der Waals surface area contributed by atoms with E-state index in [-0.39, 0.29) is 30.4 Å². The Balaban J connectivity index is 1.86. The van der Waals surface area contributed by atoms with Crippen molar-refractivity contribution in [1.29, 1.82) is 0 Å². The van der Waals surface area contributed by atoms with E-state index >= 15 is 0 Å². The van der Waals surface area contributed by atoms with Gasteiger partial charge in [-0.2, -0.15) is 0 Å². The molecule has 0 bridgehead atoms. The summed E-state index contributed by atoms with van der Waals surface area (Å²) >= 11 is 0. The van der Waals surface area contributed by atoms with E-state index in [2.05, 4.69) is 5.32 Å². The van der Waals surface area contributed by atoms with E-state index in [1.165, 1.54) is 11.0 Å². The highest BCUT2D eigenvalue weighted by atomic mass is 19.1. The second-order valence-corrected chi connectivity index (χ2v) is 5.44. The molecular weight excluding hydrogens is 275 g/mol. The van der Waals surface area contributed by atoms with Crippen LogP contribution in [0, 0.1) is 11.7 Å². The predicted octanol–water partition coefficient (Wildman–Crippen LogP) is 2.22. The van der Waals surface area contributed by atoms with Crippen LogP contribution in [-0.4, -0.2) is 35.1 Å². The van der Waals surface area contributed by atoms with Crippen molar-refractivity contribution in [3.8, 4) is 0 Å². The predicted molar refractivity (Wildman–Crippen MR) is 75.2 cm³/mol. The molecule has 1 aromatic carbocycles. The summed E-state index contributed by atoms with van der Waals surface area (Å²) in [7, 11) is 1.59. The minimum atomic E-state index is -0.813. The van der Waals surface area contributed by atoms with E-state index in [1.807, 2.05) is 0 Å². The number of halogens is 1. The molecule has 0 heterocycles. The Bertz CT molecular complexity index is 535. The summed E-state index contributed by atoms with van der Waals surface area (Å²) in [6.45, 7) is 0.174. The van der Waals surface area contributed by atoms with Crippen molar-refractivity contribution in [2.75, 3.05) is 7.05 Å². The topological polar surface area (TPSA) is 69.6 Å². The van der Waals surface area contributed by atoms with Crippen LogP contribution in [0.5, 0.6) is 0 Å². The summed E-state index contributed by atoms with van der Waals surface area (Å²) in [4.78, 5) is 24.3. The number of hydrogen-bond acceptors (Lipinski definition) is 2. The van der Waals surface area contributed by atoms with Gasteiger partial charge in [-0.15, -0.1) is 0 Å². The van der Waals surface area contributed by atoms with Crippen LogP contribution in [0.15, 0.2) is 24.3 Å². The fourth-order valence-corrected chi connectivity index (χ4v) is 2.58. The first-order chi connectivity index (χ1) is 9.97. The zero-order chi connectivity index (χ0) is 15.4. The third-order valence-electron chi connectivity index (χ3n) is 3.82. The molecular formula is C15H19FN2O3. The maximum atomic E-state index is 13.5. The average Bonchev–Trinajstić information content (AvgIpc) is 2.90. The normalized spacial score (nSPS) is 21.0. The highest BCUT2D eigenvalue weighted by Crippen LogP contribution is 2.25. The van der Waals surface area contributed by atoms with Crippen LogP contribution in [-0.2, 0) is 11.3 Å². The zero-order valence-corrected chi connectivity index (χ0v) is 11.9. The molecule has 1 fully saturated rings. The van der Waals surface area contributed by atoms with Crippen molar-refractivity contribution in [2.45, 2.75) is 31.8 Å². The molecule has 2 N–H and O–H groups in total. The van der Waals surface area contributed by atoms with Gasteiger partial charge in [0.2, 0.25) is 0 Å². The largest absolute Gasteiger partial charge is 0.481 e. The van der Waals surface area contributed by atoms with E-state index in [1.54, 1.807) is 25.2 Å². The van der Waals surface area contributed by atoms with Gasteiger partial charge >= 0.3 is 12.0 Å². The van der Waals surface area contributed by atoms with E-state index in [0.29, 0.717) is 24.8 Å².